The number of anilines is 1. The smallest absolute Gasteiger partial charge is 0.232 e. The van der Waals surface area contributed by atoms with Gasteiger partial charge < -0.3 is 19.6 Å². The highest BCUT2D eigenvalue weighted by Gasteiger charge is 2.21. The van der Waals surface area contributed by atoms with E-state index in [2.05, 4.69) is 42.0 Å². The molecule has 0 unspecified atom stereocenters. The fraction of sp³-hybridized carbons (Fsp3) is 0.444. The Labute approximate surface area is 142 Å². The van der Waals surface area contributed by atoms with E-state index in [4.69, 9.17) is 15.1 Å². The van der Waals surface area contributed by atoms with E-state index in [1.807, 2.05) is 18.5 Å². The Bertz CT molecular complexity index is 833. The molecule has 0 aliphatic rings. The second-order valence-electron chi connectivity index (χ2n) is 6.55. The van der Waals surface area contributed by atoms with Gasteiger partial charge in [0.25, 0.3) is 0 Å². The summed E-state index contributed by atoms with van der Waals surface area (Å²) in [6.07, 6.45) is 4.59. The maximum absolute atomic E-state index is 6.46. The molecular formula is C18H26N5O+. The Balaban J connectivity index is 1.98. The monoisotopic (exact) mass is 328 g/mol. The van der Waals surface area contributed by atoms with Crippen LogP contribution in [0, 0.1) is 13.8 Å². The molecule has 0 spiro atoms. The van der Waals surface area contributed by atoms with Gasteiger partial charge in [-0.1, -0.05) is 4.98 Å². The molecule has 6 nitrogen and oxygen atoms in total. The normalized spacial score (nSPS) is 11.7. The topological polar surface area (TPSA) is 64.1 Å². The number of aromatic nitrogens is 3. The average Bonchev–Trinajstić information content (AvgIpc) is 3.13. The maximum Gasteiger partial charge on any atom is 0.232 e. The van der Waals surface area contributed by atoms with E-state index >= 15 is 0 Å². The van der Waals surface area contributed by atoms with Gasteiger partial charge in [0.15, 0.2) is 0 Å². The zero-order valence-electron chi connectivity index (χ0n) is 14.9. The van der Waals surface area contributed by atoms with Crippen LogP contribution in [0.2, 0.25) is 0 Å². The molecule has 0 saturated carbocycles. The van der Waals surface area contributed by atoms with Crippen molar-refractivity contribution in [2.24, 2.45) is 0 Å². The second-order valence-corrected chi connectivity index (χ2v) is 6.55. The van der Waals surface area contributed by atoms with E-state index in [1.54, 1.807) is 6.26 Å². The summed E-state index contributed by atoms with van der Waals surface area (Å²) in [6.45, 7) is 6.78. The maximum atomic E-state index is 6.46. The molecule has 128 valence electrons. The third-order valence-electron chi connectivity index (χ3n) is 4.59. The molecule has 0 aromatic carbocycles. The third kappa shape index (κ3) is 3.01. The second kappa shape index (κ2) is 6.65. The lowest BCUT2D eigenvalue weighted by molar-refractivity contribution is -0.684. The summed E-state index contributed by atoms with van der Waals surface area (Å²) < 4.78 is 9.71. The molecule has 3 aromatic rings. The van der Waals surface area contributed by atoms with Crippen LogP contribution in [-0.4, -0.2) is 35.1 Å². The first-order chi connectivity index (χ1) is 11.5. The lowest BCUT2D eigenvalue weighted by Crippen LogP contribution is -2.39. The lowest BCUT2D eigenvalue weighted by atomic mass is 10.2. The first kappa shape index (κ1) is 16.5. The third-order valence-corrected chi connectivity index (χ3v) is 4.59. The van der Waals surface area contributed by atoms with Gasteiger partial charge in [0, 0.05) is 12.2 Å². The Kier molecular flexibility index (Phi) is 4.57. The van der Waals surface area contributed by atoms with Gasteiger partial charge >= 0.3 is 0 Å². The first-order valence-electron chi connectivity index (χ1n) is 8.29. The van der Waals surface area contributed by atoms with Gasteiger partial charge in [-0.05, 0) is 52.1 Å². The largest absolute Gasteiger partial charge is 0.467 e. The zero-order valence-corrected chi connectivity index (χ0v) is 14.9. The van der Waals surface area contributed by atoms with E-state index in [9.17, 15) is 0 Å². The minimum atomic E-state index is 0.667. The van der Waals surface area contributed by atoms with Gasteiger partial charge in [0.1, 0.15) is 11.1 Å². The SMILES string of the molecule is Cc1c(C)n(Cc2ccco2)c2nc[n+](CCCN(C)C)c(N)c12. The highest BCUT2D eigenvalue weighted by Crippen LogP contribution is 2.27. The van der Waals surface area contributed by atoms with Crippen molar-refractivity contribution in [3.63, 3.8) is 0 Å². The Morgan fingerprint density at radius 3 is 2.79 bits per heavy atom. The van der Waals surface area contributed by atoms with Crippen LogP contribution in [0.4, 0.5) is 5.82 Å². The van der Waals surface area contributed by atoms with Gasteiger partial charge in [0.2, 0.25) is 17.8 Å². The predicted octanol–water partition coefficient (Wildman–Crippen LogP) is 2.12. The Morgan fingerprint density at radius 1 is 1.33 bits per heavy atom. The summed E-state index contributed by atoms with van der Waals surface area (Å²) in [5, 5.41) is 1.05. The van der Waals surface area contributed by atoms with Gasteiger partial charge in [-0.3, -0.25) is 0 Å². The van der Waals surface area contributed by atoms with Crippen LogP contribution in [-0.2, 0) is 13.1 Å². The summed E-state index contributed by atoms with van der Waals surface area (Å²) in [5.74, 6) is 1.70. The molecule has 3 heterocycles. The van der Waals surface area contributed by atoms with E-state index < -0.39 is 0 Å². The van der Waals surface area contributed by atoms with Crippen LogP contribution >= 0.6 is 0 Å². The van der Waals surface area contributed by atoms with Crippen molar-refractivity contribution < 1.29 is 8.98 Å². The molecule has 0 fully saturated rings. The predicted molar refractivity (Wildman–Crippen MR) is 94.8 cm³/mol. The Hall–Kier alpha value is -2.34. The van der Waals surface area contributed by atoms with Crippen LogP contribution in [0.15, 0.2) is 29.1 Å². The van der Waals surface area contributed by atoms with Crippen molar-refractivity contribution in [2.45, 2.75) is 33.4 Å². The number of nitrogens with zero attached hydrogens (tertiary/aromatic N) is 4. The number of fused-ring (bicyclic) bond motifs is 1. The lowest BCUT2D eigenvalue weighted by Gasteiger charge is -2.09. The quantitative estimate of drug-likeness (QED) is 0.704. The fourth-order valence-corrected chi connectivity index (χ4v) is 3.10. The van der Waals surface area contributed by atoms with Crippen molar-refractivity contribution in [3.05, 3.63) is 41.7 Å². The fourth-order valence-electron chi connectivity index (χ4n) is 3.10. The Morgan fingerprint density at radius 2 is 2.12 bits per heavy atom. The number of hydrogen-bond acceptors (Lipinski definition) is 4. The van der Waals surface area contributed by atoms with E-state index in [-0.39, 0.29) is 0 Å². The molecule has 24 heavy (non-hydrogen) atoms. The van der Waals surface area contributed by atoms with Crippen molar-refractivity contribution in [2.75, 3.05) is 26.4 Å². The zero-order chi connectivity index (χ0) is 17.3. The highest BCUT2D eigenvalue weighted by atomic mass is 16.3. The molecule has 0 bridgehead atoms. The molecule has 0 radical (unpaired) electrons. The minimum absolute atomic E-state index is 0.667. The van der Waals surface area contributed by atoms with Crippen molar-refractivity contribution in [3.8, 4) is 0 Å². The summed E-state index contributed by atoms with van der Waals surface area (Å²) in [5.41, 5.74) is 9.74. The van der Waals surface area contributed by atoms with Gasteiger partial charge in [0.05, 0.1) is 19.4 Å². The van der Waals surface area contributed by atoms with Crippen molar-refractivity contribution >= 4 is 16.9 Å². The number of nitrogen functional groups attached to an aromatic ring is 1. The van der Waals surface area contributed by atoms with Crippen LogP contribution in [0.3, 0.4) is 0 Å². The van der Waals surface area contributed by atoms with Crippen LogP contribution in [0.5, 0.6) is 0 Å². The summed E-state index contributed by atoms with van der Waals surface area (Å²) in [7, 11) is 4.16. The van der Waals surface area contributed by atoms with Crippen molar-refractivity contribution in [1.82, 2.24) is 14.5 Å². The first-order valence-corrected chi connectivity index (χ1v) is 8.29. The van der Waals surface area contributed by atoms with E-state index in [1.165, 1.54) is 11.3 Å². The number of hydrogen-bond donors (Lipinski definition) is 1. The molecule has 0 atom stereocenters. The van der Waals surface area contributed by atoms with Crippen LogP contribution in [0.25, 0.3) is 11.0 Å². The number of furan rings is 1. The summed E-state index contributed by atoms with van der Waals surface area (Å²) in [4.78, 5) is 6.87. The molecule has 0 amide bonds. The molecule has 0 aliphatic carbocycles. The van der Waals surface area contributed by atoms with Gasteiger partial charge in [-0.2, -0.15) is 0 Å². The highest BCUT2D eigenvalue weighted by molar-refractivity contribution is 5.89. The summed E-state index contributed by atoms with van der Waals surface area (Å²) >= 11 is 0. The molecule has 0 saturated heterocycles. The standard InChI is InChI=1S/C18H25N5O/c1-13-14(2)23(11-15-7-5-10-24-15)18-16(13)17(19)22(12-20-18)9-6-8-21(3)4/h5,7,10,12,19H,6,8-9,11H2,1-4H3/p+1. The number of nitrogens with two attached hydrogens (primary N) is 1. The minimum Gasteiger partial charge on any atom is -0.467 e. The van der Waals surface area contributed by atoms with E-state index in [0.717, 1.165) is 42.1 Å². The van der Waals surface area contributed by atoms with Crippen LogP contribution in [0.1, 0.15) is 23.4 Å². The van der Waals surface area contributed by atoms with Crippen molar-refractivity contribution in [1.29, 1.82) is 0 Å². The molecular weight excluding hydrogens is 302 g/mol. The molecule has 0 aliphatic heterocycles. The van der Waals surface area contributed by atoms with Gasteiger partial charge in [-0.15, -0.1) is 0 Å². The molecule has 3 aromatic heterocycles. The average molecular weight is 328 g/mol. The van der Waals surface area contributed by atoms with E-state index in [0.29, 0.717) is 6.54 Å². The summed E-state index contributed by atoms with van der Waals surface area (Å²) in [6, 6.07) is 3.89. The van der Waals surface area contributed by atoms with Gasteiger partial charge in [-0.25, -0.2) is 4.57 Å². The number of aryl methyl sites for hydroxylation is 2. The molecule has 6 heteroatoms. The van der Waals surface area contributed by atoms with Crippen LogP contribution < -0.4 is 10.3 Å². The molecule has 2 N–H and O–H groups in total. The number of rotatable bonds is 6. The molecule has 3 rings (SSSR count).